The number of ether oxygens (including phenoxy) is 2. The van der Waals surface area contributed by atoms with Gasteiger partial charge in [0, 0.05) is 41.7 Å². The minimum atomic E-state index is -1.21. The van der Waals surface area contributed by atoms with Gasteiger partial charge in [0.15, 0.2) is 6.04 Å². The second kappa shape index (κ2) is 10.9. The minimum Gasteiger partial charge on any atom is -0.464 e. The molecule has 1 aliphatic carbocycles. The Labute approximate surface area is 266 Å². The fraction of sp³-hybridized carbons (Fsp3) is 0.486. The molecule has 2 amide bonds. The Hall–Kier alpha value is -4.28. The second-order valence-corrected chi connectivity index (χ2v) is 14.2. The van der Waals surface area contributed by atoms with Crippen LogP contribution in [0.3, 0.4) is 0 Å². The van der Waals surface area contributed by atoms with Gasteiger partial charge in [0.1, 0.15) is 17.6 Å². The maximum absolute atomic E-state index is 15.6. The van der Waals surface area contributed by atoms with Gasteiger partial charge in [0.2, 0.25) is 0 Å². The van der Waals surface area contributed by atoms with E-state index in [0.717, 1.165) is 18.4 Å². The molecule has 3 aliphatic heterocycles. The van der Waals surface area contributed by atoms with Gasteiger partial charge in [-0.15, -0.1) is 0 Å². The van der Waals surface area contributed by atoms with E-state index in [1.807, 2.05) is 45.0 Å². The quantitative estimate of drug-likeness (QED) is 0.312. The highest BCUT2D eigenvalue weighted by Crippen LogP contribution is 2.56. The summed E-state index contributed by atoms with van der Waals surface area (Å²) in [6, 6.07) is 9.86. The molecular weight excluding hydrogens is 594 g/mol. The normalized spacial score (nSPS) is 20.7. The summed E-state index contributed by atoms with van der Waals surface area (Å²) >= 11 is 0. The first-order valence-electron chi connectivity index (χ1n) is 15.9. The number of hydrogen-bond donors (Lipinski definition) is 0. The lowest BCUT2D eigenvalue weighted by molar-refractivity contribution is -0.149. The van der Waals surface area contributed by atoms with E-state index in [9.17, 15) is 18.8 Å². The number of hydrogen-bond acceptors (Lipinski definition) is 6. The Morgan fingerprint density at radius 2 is 1.83 bits per heavy atom. The predicted octanol–water partition coefficient (Wildman–Crippen LogP) is 5.96. The molecule has 4 aliphatic rings. The molecule has 11 heteroatoms. The Bertz CT molecular complexity index is 1720. The van der Waals surface area contributed by atoms with Crippen molar-refractivity contribution in [3.05, 3.63) is 76.6 Å². The van der Waals surface area contributed by atoms with Crippen molar-refractivity contribution in [3.8, 4) is 11.1 Å². The molecule has 0 radical (unpaired) electrons. The van der Waals surface area contributed by atoms with Gasteiger partial charge in [-0.25, -0.2) is 23.4 Å². The fourth-order valence-corrected chi connectivity index (χ4v) is 7.53. The summed E-state index contributed by atoms with van der Waals surface area (Å²) in [6.45, 7) is 8.80. The first-order valence-corrected chi connectivity index (χ1v) is 15.9. The van der Waals surface area contributed by atoms with Crippen molar-refractivity contribution in [2.45, 2.75) is 83.8 Å². The van der Waals surface area contributed by atoms with E-state index >= 15 is 4.39 Å². The third kappa shape index (κ3) is 5.23. The summed E-state index contributed by atoms with van der Waals surface area (Å²) in [5.41, 5.74) is 3.38. The number of carbonyl (C=O) groups excluding carboxylic acids is 3. The molecule has 9 nitrogen and oxygen atoms in total. The number of benzene rings is 2. The Kier molecular flexibility index (Phi) is 7.21. The van der Waals surface area contributed by atoms with Crippen LogP contribution in [0.4, 0.5) is 13.6 Å². The zero-order valence-electron chi connectivity index (χ0n) is 26.5. The van der Waals surface area contributed by atoms with E-state index in [0.29, 0.717) is 30.3 Å². The monoisotopic (exact) mass is 632 g/mol. The van der Waals surface area contributed by atoms with E-state index in [2.05, 4.69) is 4.98 Å². The number of nitrogens with zero attached hydrogens (tertiary/aromatic N) is 4. The number of imidazole rings is 1. The first kappa shape index (κ1) is 30.4. The summed E-state index contributed by atoms with van der Waals surface area (Å²) in [5, 5.41) is 0. The Morgan fingerprint density at radius 3 is 2.50 bits per heavy atom. The Morgan fingerprint density at radius 1 is 1.11 bits per heavy atom. The molecule has 2 aromatic carbocycles. The Balaban J connectivity index is 1.06. The first-order chi connectivity index (χ1) is 21.8. The molecule has 1 spiro atoms. The number of halogens is 2. The van der Waals surface area contributed by atoms with Gasteiger partial charge in [-0.2, -0.15) is 0 Å². The van der Waals surface area contributed by atoms with Crippen molar-refractivity contribution in [3.63, 3.8) is 0 Å². The van der Waals surface area contributed by atoms with Crippen molar-refractivity contribution in [1.82, 2.24) is 19.4 Å². The highest BCUT2D eigenvalue weighted by atomic mass is 19.1. The molecule has 7 rings (SSSR count). The molecule has 1 aromatic heterocycles. The molecule has 1 saturated carbocycles. The van der Waals surface area contributed by atoms with Gasteiger partial charge in [-0.05, 0) is 75.3 Å². The van der Waals surface area contributed by atoms with Crippen LogP contribution in [0, 0.1) is 11.2 Å². The van der Waals surface area contributed by atoms with Crippen molar-refractivity contribution in [2.75, 3.05) is 19.7 Å². The zero-order chi connectivity index (χ0) is 32.5. The van der Waals surface area contributed by atoms with E-state index in [1.54, 1.807) is 22.5 Å². The predicted molar refractivity (Wildman–Crippen MR) is 164 cm³/mol. The van der Waals surface area contributed by atoms with Crippen LogP contribution in [0.5, 0.6) is 0 Å². The van der Waals surface area contributed by atoms with Crippen LogP contribution in [0.15, 0.2) is 42.7 Å². The van der Waals surface area contributed by atoms with E-state index < -0.39 is 35.5 Å². The number of rotatable bonds is 6. The SMILES string of the molecule is CCOC(=O)C(c1ncn2c1C[C@@H](F)C2)N1Cc2c(F)cc(-c3ccc(C4CC5(C4)CN(C(=O)OC(C)(C)C)C5)cc3)cc2C1=O. The van der Waals surface area contributed by atoms with Gasteiger partial charge < -0.3 is 23.8 Å². The molecule has 2 fully saturated rings. The van der Waals surface area contributed by atoms with E-state index in [-0.39, 0.29) is 54.4 Å². The van der Waals surface area contributed by atoms with Crippen LogP contribution in [-0.2, 0) is 33.8 Å². The van der Waals surface area contributed by atoms with Crippen LogP contribution in [0.25, 0.3) is 11.1 Å². The van der Waals surface area contributed by atoms with Crippen molar-refractivity contribution in [2.24, 2.45) is 5.41 Å². The summed E-state index contributed by atoms with van der Waals surface area (Å²) in [5.74, 6) is -1.32. The van der Waals surface area contributed by atoms with Crippen molar-refractivity contribution in [1.29, 1.82) is 0 Å². The number of amides is 2. The van der Waals surface area contributed by atoms with Crippen molar-refractivity contribution < 1.29 is 32.6 Å². The van der Waals surface area contributed by atoms with Crippen LogP contribution < -0.4 is 0 Å². The van der Waals surface area contributed by atoms with Crippen molar-refractivity contribution >= 4 is 18.0 Å². The average Bonchev–Trinajstić information content (AvgIpc) is 3.60. The topological polar surface area (TPSA) is 94.0 Å². The molecule has 1 unspecified atom stereocenters. The smallest absolute Gasteiger partial charge is 0.410 e. The van der Waals surface area contributed by atoms with E-state index in [4.69, 9.17) is 9.47 Å². The summed E-state index contributed by atoms with van der Waals surface area (Å²) in [7, 11) is 0. The maximum atomic E-state index is 15.6. The molecule has 2 atom stereocenters. The molecule has 242 valence electrons. The standard InChI is InChI=1S/C35H38F2N4O5/c1-5-45-32(43)30(29-28-12-24(36)15-39(28)19-38-29)41-16-26-25(31(41)42)10-22(11-27(26)37)20-6-8-21(9-7-20)23-13-35(14-23)17-40(18-35)33(44)46-34(2,3)4/h6-11,19,23-24,30H,5,12-18H2,1-4H3/t24-,30?/m1/s1. The van der Waals surface area contributed by atoms with E-state index in [1.165, 1.54) is 22.9 Å². The molecular formula is C35H38F2N4O5. The maximum Gasteiger partial charge on any atom is 0.410 e. The minimum absolute atomic E-state index is 0.0844. The number of esters is 1. The lowest BCUT2D eigenvalue weighted by Crippen LogP contribution is -2.63. The highest BCUT2D eigenvalue weighted by Gasteiger charge is 2.54. The molecule has 0 bridgehead atoms. The molecule has 1 saturated heterocycles. The number of fused-ring (bicyclic) bond motifs is 2. The van der Waals surface area contributed by atoms with Crippen LogP contribution >= 0.6 is 0 Å². The molecule has 3 aromatic rings. The second-order valence-electron chi connectivity index (χ2n) is 14.2. The molecule has 4 heterocycles. The van der Waals surface area contributed by atoms with Gasteiger partial charge in [-0.1, -0.05) is 24.3 Å². The van der Waals surface area contributed by atoms with Crippen LogP contribution in [-0.4, -0.2) is 68.8 Å². The molecule has 0 N–H and O–H groups in total. The lowest BCUT2D eigenvalue weighted by Gasteiger charge is -2.59. The lowest BCUT2D eigenvalue weighted by atomic mass is 9.56. The van der Waals surface area contributed by atoms with Crippen LogP contribution in [0.1, 0.15) is 85.4 Å². The number of likely N-dealkylation sites (tertiary alicyclic amines) is 1. The van der Waals surface area contributed by atoms with Gasteiger partial charge >= 0.3 is 12.1 Å². The third-order valence-corrected chi connectivity index (χ3v) is 9.66. The largest absolute Gasteiger partial charge is 0.464 e. The van der Waals surface area contributed by atoms with Gasteiger partial charge in [-0.3, -0.25) is 4.79 Å². The number of aromatic nitrogens is 2. The van der Waals surface area contributed by atoms with Gasteiger partial charge in [0.05, 0.1) is 31.7 Å². The third-order valence-electron chi connectivity index (χ3n) is 9.66. The zero-order valence-corrected chi connectivity index (χ0v) is 26.5. The van der Waals surface area contributed by atoms with Gasteiger partial charge in [0.25, 0.3) is 5.91 Å². The highest BCUT2D eigenvalue weighted by molar-refractivity contribution is 6.02. The summed E-state index contributed by atoms with van der Waals surface area (Å²) < 4.78 is 42.2. The molecule has 46 heavy (non-hydrogen) atoms. The summed E-state index contributed by atoms with van der Waals surface area (Å²) in [6.07, 6.45) is 2.19. The number of alkyl halides is 1. The van der Waals surface area contributed by atoms with Crippen LogP contribution in [0.2, 0.25) is 0 Å². The number of carbonyl (C=O) groups is 3. The fourth-order valence-electron chi connectivity index (χ4n) is 7.53. The summed E-state index contributed by atoms with van der Waals surface area (Å²) in [4.78, 5) is 46.7. The average molecular weight is 633 g/mol.